The second-order valence-electron chi connectivity index (χ2n) is 5.81. The number of thioether (sulfide) groups is 1. The number of carbonyl (C=O) groups is 2. The molecule has 2 amide bonds. The van der Waals surface area contributed by atoms with Gasteiger partial charge in [0.2, 0.25) is 5.91 Å². The van der Waals surface area contributed by atoms with Crippen molar-refractivity contribution in [3.63, 3.8) is 0 Å². The summed E-state index contributed by atoms with van der Waals surface area (Å²) in [6, 6.07) is 12.5. The van der Waals surface area contributed by atoms with Gasteiger partial charge in [-0.3, -0.25) is 9.59 Å². The van der Waals surface area contributed by atoms with Gasteiger partial charge in [0.1, 0.15) is 11.7 Å². The summed E-state index contributed by atoms with van der Waals surface area (Å²) in [5.74, 6) is 0.731. The van der Waals surface area contributed by atoms with Crippen LogP contribution in [0.15, 0.2) is 42.5 Å². The van der Waals surface area contributed by atoms with E-state index in [9.17, 15) is 9.59 Å². The van der Waals surface area contributed by atoms with Crippen LogP contribution in [0.25, 0.3) is 0 Å². The average Bonchev–Trinajstić information content (AvgIpc) is 3.04. The first kappa shape index (κ1) is 16.5. The first-order valence-corrected chi connectivity index (χ1v) is 8.90. The lowest BCUT2D eigenvalue weighted by Gasteiger charge is -2.23. The molecule has 6 heteroatoms. The van der Waals surface area contributed by atoms with E-state index in [0.29, 0.717) is 17.3 Å². The molecule has 1 aliphatic heterocycles. The van der Waals surface area contributed by atoms with E-state index in [2.05, 4.69) is 10.3 Å². The summed E-state index contributed by atoms with van der Waals surface area (Å²) in [5.41, 5.74) is 2.99. The smallest absolute Gasteiger partial charge is 0.273 e. The molecular weight excluding hydrogens is 322 g/mol. The minimum Gasteiger partial charge on any atom is -0.324 e. The third kappa shape index (κ3) is 3.59. The Bertz CT molecular complexity index is 778. The van der Waals surface area contributed by atoms with E-state index in [1.165, 1.54) is 0 Å². The van der Waals surface area contributed by atoms with E-state index in [1.54, 1.807) is 28.8 Å². The number of rotatable bonds is 3. The molecule has 1 fully saturated rings. The normalized spacial score (nSPS) is 16.9. The second kappa shape index (κ2) is 7.05. The van der Waals surface area contributed by atoms with Gasteiger partial charge in [-0.05, 0) is 43.7 Å². The van der Waals surface area contributed by atoms with Gasteiger partial charge in [-0.1, -0.05) is 18.2 Å². The number of nitrogens with one attached hydrogen (secondary N) is 1. The maximum atomic E-state index is 12.7. The van der Waals surface area contributed by atoms with Crippen molar-refractivity contribution in [1.29, 1.82) is 0 Å². The number of amides is 2. The van der Waals surface area contributed by atoms with Gasteiger partial charge in [0.25, 0.3) is 5.91 Å². The van der Waals surface area contributed by atoms with Crippen LogP contribution in [-0.4, -0.2) is 39.4 Å². The Kier molecular flexibility index (Phi) is 4.85. The summed E-state index contributed by atoms with van der Waals surface area (Å²) in [7, 11) is 0. The number of anilines is 1. The van der Waals surface area contributed by atoms with Crippen LogP contribution in [0.3, 0.4) is 0 Å². The van der Waals surface area contributed by atoms with Crippen molar-refractivity contribution in [3.05, 3.63) is 59.4 Å². The van der Waals surface area contributed by atoms with Gasteiger partial charge >= 0.3 is 0 Å². The third-order valence-electron chi connectivity index (χ3n) is 3.84. The fraction of sp³-hybridized carbons (Fsp3) is 0.278. The molecule has 1 atom stereocenters. The van der Waals surface area contributed by atoms with Crippen molar-refractivity contribution in [3.8, 4) is 0 Å². The molecule has 0 aliphatic carbocycles. The third-order valence-corrected chi connectivity index (χ3v) is 4.85. The van der Waals surface area contributed by atoms with E-state index >= 15 is 0 Å². The van der Waals surface area contributed by atoms with Crippen molar-refractivity contribution in [1.82, 2.24) is 9.88 Å². The van der Waals surface area contributed by atoms with Gasteiger partial charge in [-0.15, -0.1) is 11.8 Å². The Hall–Kier alpha value is -2.34. The predicted octanol–water partition coefficient (Wildman–Crippen LogP) is 2.85. The molecule has 1 saturated heterocycles. The fourth-order valence-corrected chi connectivity index (χ4v) is 3.77. The van der Waals surface area contributed by atoms with Gasteiger partial charge in [-0.25, -0.2) is 4.98 Å². The average molecular weight is 341 g/mol. The van der Waals surface area contributed by atoms with Crippen LogP contribution >= 0.6 is 11.8 Å². The van der Waals surface area contributed by atoms with E-state index in [-0.39, 0.29) is 11.8 Å². The quantitative estimate of drug-likeness (QED) is 0.932. The molecule has 1 aromatic carbocycles. The molecule has 0 saturated carbocycles. The second-order valence-corrected chi connectivity index (χ2v) is 6.81. The van der Waals surface area contributed by atoms with Crippen molar-refractivity contribution in [2.75, 3.05) is 16.9 Å². The van der Waals surface area contributed by atoms with Crippen LogP contribution in [0.5, 0.6) is 0 Å². The topological polar surface area (TPSA) is 62.3 Å². The van der Waals surface area contributed by atoms with E-state index in [0.717, 1.165) is 16.9 Å². The number of nitrogens with zero attached hydrogens (tertiary/aromatic N) is 2. The van der Waals surface area contributed by atoms with Crippen LogP contribution in [0.4, 0.5) is 5.69 Å². The lowest BCUT2D eigenvalue weighted by atomic mass is 10.2. The van der Waals surface area contributed by atoms with Crippen LogP contribution in [-0.2, 0) is 4.79 Å². The van der Waals surface area contributed by atoms with Gasteiger partial charge in [0, 0.05) is 17.1 Å². The van der Waals surface area contributed by atoms with Crippen LogP contribution < -0.4 is 5.32 Å². The number of aromatic nitrogens is 1. The standard InChI is InChI=1S/C18H19N3O2S/c1-12-5-3-7-14(9-12)20-17(22)16-10-24-11-21(16)18(23)15-8-4-6-13(2)19-15/h3-9,16H,10-11H2,1-2H3,(H,20,22)/t16-/m0/s1. The molecule has 5 nitrogen and oxygen atoms in total. The van der Waals surface area contributed by atoms with Crippen LogP contribution in [0.2, 0.25) is 0 Å². The summed E-state index contributed by atoms with van der Waals surface area (Å²) >= 11 is 1.58. The number of pyridine rings is 1. The fourth-order valence-electron chi connectivity index (χ4n) is 2.62. The molecular formula is C18H19N3O2S. The SMILES string of the molecule is Cc1cccc(NC(=O)[C@@H]2CSCN2C(=O)c2cccc(C)n2)c1. The summed E-state index contributed by atoms with van der Waals surface area (Å²) in [4.78, 5) is 31.2. The van der Waals surface area contributed by atoms with Gasteiger partial charge in [-0.2, -0.15) is 0 Å². The Balaban J connectivity index is 1.75. The highest BCUT2D eigenvalue weighted by Gasteiger charge is 2.35. The molecule has 0 unspecified atom stereocenters. The molecule has 2 aromatic rings. The highest BCUT2D eigenvalue weighted by molar-refractivity contribution is 7.99. The largest absolute Gasteiger partial charge is 0.324 e. The zero-order valence-corrected chi connectivity index (χ0v) is 14.5. The maximum absolute atomic E-state index is 12.7. The summed E-state index contributed by atoms with van der Waals surface area (Å²) in [5, 5.41) is 2.91. The highest BCUT2D eigenvalue weighted by atomic mass is 32.2. The van der Waals surface area contributed by atoms with Gasteiger partial charge in [0.15, 0.2) is 0 Å². The van der Waals surface area contributed by atoms with Crippen molar-refractivity contribution in [2.24, 2.45) is 0 Å². The van der Waals surface area contributed by atoms with Crippen LogP contribution in [0, 0.1) is 13.8 Å². The molecule has 1 N–H and O–H groups in total. The lowest BCUT2D eigenvalue weighted by molar-refractivity contribution is -0.119. The van der Waals surface area contributed by atoms with Crippen molar-refractivity contribution >= 4 is 29.3 Å². The van der Waals surface area contributed by atoms with Crippen LogP contribution in [0.1, 0.15) is 21.7 Å². The van der Waals surface area contributed by atoms with Gasteiger partial charge < -0.3 is 10.2 Å². The summed E-state index contributed by atoms with van der Waals surface area (Å²) in [6.45, 7) is 3.82. The number of hydrogen-bond donors (Lipinski definition) is 1. The number of carbonyl (C=O) groups excluding carboxylic acids is 2. The summed E-state index contributed by atoms with van der Waals surface area (Å²) < 4.78 is 0. The Morgan fingerprint density at radius 1 is 1.21 bits per heavy atom. The molecule has 0 bridgehead atoms. The molecule has 0 radical (unpaired) electrons. The minimum atomic E-state index is -0.481. The number of hydrogen-bond acceptors (Lipinski definition) is 4. The van der Waals surface area contributed by atoms with E-state index in [1.807, 2.05) is 44.2 Å². The molecule has 0 spiro atoms. The number of benzene rings is 1. The molecule has 124 valence electrons. The van der Waals surface area contributed by atoms with Crippen molar-refractivity contribution < 1.29 is 9.59 Å². The van der Waals surface area contributed by atoms with Gasteiger partial charge in [0.05, 0.1) is 5.88 Å². The molecule has 2 heterocycles. The molecule has 1 aliphatic rings. The van der Waals surface area contributed by atoms with E-state index in [4.69, 9.17) is 0 Å². The van der Waals surface area contributed by atoms with Crippen molar-refractivity contribution in [2.45, 2.75) is 19.9 Å². The maximum Gasteiger partial charge on any atom is 0.273 e. The molecule has 24 heavy (non-hydrogen) atoms. The predicted molar refractivity (Wildman–Crippen MR) is 96.1 cm³/mol. The minimum absolute atomic E-state index is 0.161. The zero-order chi connectivity index (χ0) is 17.1. The number of aryl methyl sites for hydroxylation is 2. The molecule has 1 aromatic heterocycles. The zero-order valence-electron chi connectivity index (χ0n) is 13.7. The Morgan fingerprint density at radius 3 is 2.75 bits per heavy atom. The monoisotopic (exact) mass is 341 g/mol. The highest BCUT2D eigenvalue weighted by Crippen LogP contribution is 2.24. The first-order chi connectivity index (χ1) is 11.5. The summed E-state index contributed by atoms with van der Waals surface area (Å²) in [6.07, 6.45) is 0. The Labute approximate surface area is 145 Å². The first-order valence-electron chi connectivity index (χ1n) is 7.74. The lowest BCUT2D eigenvalue weighted by Crippen LogP contribution is -2.44. The van der Waals surface area contributed by atoms with E-state index < -0.39 is 6.04 Å². The Morgan fingerprint density at radius 2 is 2.00 bits per heavy atom. The molecule has 3 rings (SSSR count).